The van der Waals surface area contributed by atoms with Crippen LogP contribution in [0.5, 0.6) is 0 Å². The summed E-state index contributed by atoms with van der Waals surface area (Å²) in [6, 6.07) is 0. The van der Waals surface area contributed by atoms with Crippen LogP contribution in [0.4, 0.5) is 4.39 Å². The standard InChI is InChI=1S/C7H14FNO2S/c1-6(2)12(10,11)9-4-3-7(8)5-9/h6-7H,3-5H2,1-2H3/t7-/m0/s1. The number of hydrogen-bond donors (Lipinski definition) is 0. The third-order valence-corrected chi connectivity index (χ3v) is 4.29. The summed E-state index contributed by atoms with van der Waals surface area (Å²) in [7, 11) is -3.22. The van der Waals surface area contributed by atoms with Crippen LogP contribution in [0.25, 0.3) is 0 Å². The minimum absolute atomic E-state index is 0.0422. The van der Waals surface area contributed by atoms with Crippen molar-refractivity contribution in [1.82, 2.24) is 4.31 Å². The van der Waals surface area contributed by atoms with E-state index in [1.807, 2.05) is 0 Å². The van der Waals surface area contributed by atoms with Gasteiger partial charge in [0.15, 0.2) is 0 Å². The molecule has 5 heteroatoms. The average molecular weight is 195 g/mol. The Morgan fingerprint density at radius 1 is 1.50 bits per heavy atom. The quantitative estimate of drug-likeness (QED) is 0.652. The smallest absolute Gasteiger partial charge is 0.216 e. The first kappa shape index (κ1) is 9.92. The molecule has 3 nitrogen and oxygen atoms in total. The van der Waals surface area contributed by atoms with Gasteiger partial charge in [-0.25, -0.2) is 12.8 Å². The fourth-order valence-corrected chi connectivity index (χ4v) is 2.54. The zero-order chi connectivity index (χ0) is 9.35. The first-order valence-electron chi connectivity index (χ1n) is 4.07. The molecule has 1 rings (SSSR count). The summed E-state index contributed by atoms with van der Waals surface area (Å²) >= 11 is 0. The summed E-state index contributed by atoms with van der Waals surface area (Å²) < 4.78 is 36.8. The van der Waals surface area contributed by atoms with Gasteiger partial charge in [0, 0.05) is 13.1 Å². The number of alkyl halides is 1. The van der Waals surface area contributed by atoms with E-state index in [1.54, 1.807) is 13.8 Å². The zero-order valence-corrected chi connectivity index (χ0v) is 8.14. The minimum Gasteiger partial charge on any atom is -0.246 e. The molecule has 0 aromatic carbocycles. The van der Waals surface area contributed by atoms with Gasteiger partial charge >= 0.3 is 0 Å². The molecule has 0 amide bonds. The van der Waals surface area contributed by atoms with Crippen molar-refractivity contribution in [3.8, 4) is 0 Å². The van der Waals surface area contributed by atoms with E-state index in [0.29, 0.717) is 13.0 Å². The van der Waals surface area contributed by atoms with Crippen LogP contribution in [0.2, 0.25) is 0 Å². The van der Waals surface area contributed by atoms with Gasteiger partial charge in [0.2, 0.25) is 10.0 Å². The molecule has 0 aromatic heterocycles. The summed E-state index contributed by atoms with van der Waals surface area (Å²) in [5.41, 5.74) is 0. The highest BCUT2D eigenvalue weighted by atomic mass is 32.2. The van der Waals surface area contributed by atoms with E-state index in [0.717, 1.165) is 0 Å². The molecule has 0 N–H and O–H groups in total. The van der Waals surface area contributed by atoms with Gasteiger partial charge in [-0.1, -0.05) is 0 Å². The van der Waals surface area contributed by atoms with Crippen molar-refractivity contribution in [2.75, 3.05) is 13.1 Å². The number of hydrogen-bond acceptors (Lipinski definition) is 2. The highest BCUT2D eigenvalue weighted by molar-refractivity contribution is 7.89. The van der Waals surface area contributed by atoms with Crippen LogP contribution in [-0.4, -0.2) is 37.2 Å². The van der Waals surface area contributed by atoms with Crippen LogP contribution in [0, 0.1) is 0 Å². The van der Waals surface area contributed by atoms with E-state index in [-0.39, 0.29) is 6.54 Å². The molecule has 1 saturated heterocycles. The van der Waals surface area contributed by atoms with Gasteiger partial charge in [0.25, 0.3) is 0 Å². The highest BCUT2D eigenvalue weighted by Gasteiger charge is 2.32. The van der Waals surface area contributed by atoms with Crippen LogP contribution in [-0.2, 0) is 10.0 Å². The Balaban J connectivity index is 2.71. The molecule has 1 heterocycles. The second kappa shape index (κ2) is 3.30. The van der Waals surface area contributed by atoms with Crippen molar-refractivity contribution in [2.24, 2.45) is 0 Å². The van der Waals surface area contributed by atoms with Crippen LogP contribution in [0.15, 0.2) is 0 Å². The van der Waals surface area contributed by atoms with Crippen molar-refractivity contribution in [1.29, 1.82) is 0 Å². The molecule has 1 aliphatic heterocycles. The second-order valence-corrected chi connectivity index (χ2v) is 5.83. The number of sulfonamides is 1. The number of rotatable bonds is 2. The molecule has 0 spiro atoms. The molecule has 72 valence electrons. The number of halogens is 1. The van der Waals surface area contributed by atoms with Crippen molar-refractivity contribution in [2.45, 2.75) is 31.7 Å². The predicted octanol–water partition coefficient (Wildman–Crippen LogP) is 0.768. The Morgan fingerprint density at radius 3 is 2.42 bits per heavy atom. The van der Waals surface area contributed by atoms with Crippen LogP contribution in [0.1, 0.15) is 20.3 Å². The van der Waals surface area contributed by atoms with Gasteiger partial charge in [-0.2, -0.15) is 4.31 Å². The van der Waals surface area contributed by atoms with E-state index in [1.165, 1.54) is 4.31 Å². The van der Waals surface area contributed by atoms with E-state index >= 15 is 0 Å². The molecule has 0 unspecified atom stereocenters. The Morgan fingerprint density at radius 2 is 2.08 bits per heavy atom. The molecule has 12 heavy (non-hydrogen) atoms. The summed E-state index contributed by atoms with van der Waals surface area (Å²) in [6.07, 6.45) is -0.634. The topological polar surface area (TPSA) is 37.4 Å². The maximum Gasteiger partial charge on any atom is 0.216 e. The fraction of sp³-hybridized carbons (Fsp3) is 1.00. The second-order valence-electron chi connectivity index (χ2n) is 3.34. The van der Waals surface area contributed by atoms with E-state index < -0.39 is 21.4 Å². The zero-order valence-electron chi connectivity index (χ0n) is 7.33. The van der Waals surface area contributed by atoms with Crippen LogP contribution in [0.3, 0.4) is 0 Å². The highest BCUT2D eigenvalue weighted by Crippen LogP contribution is 2.18. The van der Waals surface area contributed by atoms with E-state index in [9.17, 15) is 12.8 Å². The molecule has 0 saturated carbocycles. The van der Waals surface area contributed by atoms with Gasteiger partial charge in [-0.3, -0.25) is 0 Å². The lowest BCUT2D eigenvalue weighted by atomic mass is 10.4. The normalized spacial score (nSPS) is 26.8. The molecule has 0 aliphatic carbocycles. The Kier molecular flexibility index (Phi) is 2.73. The third-order valence-electron chi connectivity index (χ3n) is 2.05. The molecule has 0 radical (unpaired) electrons. The van der Waals surface area contributed by atoms with Crippen molar-refractivity contribution < 1.29 is 12.8 Å². The van der Waals surface area contributed by atoms with Crippen LogP contribution >= 0.6 is 0 Å². The molecular weight excluding hydrogens is 181 g/mol. The van der Waals surface area contributed by atoms with E-state index in [2.05, 4.69) is 0 Å². The van der Waals surface area contributed by atoms with Gasteiger partial charge in [-0.15, -0.1) is 0 Å². The lowest BCUT2D eigenvalue weighted by molar-refractivity contribution is 0.342. The first-order valence-corrected chi connectivity index (χ1v) is 5.58. The molecule has 1 atom stereocenters. The van der Waals surface area contributed by atoms with Crippen molar-refractivity contribution in [3.63, 3.8) is 0 Å². The molecule has 0 aromatic rings. The summed E-state index contributed by atoms with van der Waals surface area (Å²) in [5.74, 6) is 0. The Bertz CT molecular complexity index is 250. The monoisotopic (exact) mass is 195 g/mol. The van der Waals surface area contributed by atoms with Crippen molar-refractivity contribution in [3.05, 3.63) is 0 Å². The molecule has 1 aliphatic rings. The summed E-state index contributed by atoms with van der Waals surface area (Å²) in [4.78, 5) is 0. The molecule has 1 fully saturated rings. The van der Waals surface area contributed by atoms with Gasteiger partial charge < -0.3 is 0 Å². The van der Waals surface area contributed by atoms with Gasteiger partial charge in [0.05, 0.1) is 5.25 Å². The average Bonchev–Trinajstić information content (AvgIpc) is 2.35. The SMILES string of the molecule is CC(C)S(=O)(=O)N1CC[C@H](F)C1. The van der Waals surface area contributed by atoms with Crippen molar-refractivity contribution >= 4 is 10.0 Å². The van der Waals surface area contributed by atoms with Gasteiger partial charge in [-0.05, 0) is 20.3 Å². The Hall–Kier alpha value is -0.160. The third kappa shape index (κ3) is 1.77. The van der Waals surface area contributed by atoms with Crippen LogP contribution < -0.4 is 0 Å². The number of nitrogens with zero attached hydrogens (tertiary/aromatic N) is 1. The molecule has 0 bridgehead atoms. The Labute approximate surface area is 72.6 Å². The summed E-state index contributed by atoms with van der Waals surface area (Å²) in [6.45, 7) is 3.60. The maximum absolute atomic E-state index is 12.7. The lowest BCUT2D eigenvalue weighted by Crippen LogP contribution is -2.34. The van der Waals surface area contributed by atoms with E-state index in [4.69, 9.17) is 0 Å². The largest absolute Gasteiger partial charge is 0.246 e. The fourth-order valence-electron chi connectivity index (χ4n) is 1.22. The lowest BCUT2D eigenvalue weighted by Gasteiger charge is -2.17. The summed E-state index contributed by atoms with van der Waals surface area (Å²) in [5, 5.41) is -0.442. The first-order chi connectivity index (χ1) is 5.44. The predicted molar refractivity (Wildman–Crippen MR) is 45.1 cm³/mol. The maximum atomic E-state index is 12.7. The minimum atomic E-state index is -3.22. The molecular formula is C7H14FNO2S. The van der Waals surface area contributed by atoms with Gasteiger partial charge in [0.1, 0.15) is 6.17 Å².